The van der Waals surface area contributed by atoms with Gasteiger partial charge in [0.2, 0.25) is 5.56 Å². The Bertz CT molecular complexity index is 813. The van der Waals surface area contributed by atoms with Crippen molar-refractivity contribution >= 4 is 11.6 Å². The van der Waals surface area contributed by atoms with Gasteiger partial charge in [-0.2, -0.15) is 0 Å². The van der Waals surface area contributed by atoms with E-state index in [1.54, 1.807) is 20.1 Å². The fourth-order valence-corrected chi connectivity index (χ4v) is 3.26. The van der Waals surface area contributed by atoms with Crippen LogP contribution in [0.3, 0.4) is 0 Å². The standard InChI is InChI=1S/C19H23N3O3/c1-13-10-15(11-18(23)20-13)19(24)22-9-8-21(12-14(22)2)16-4-6-17(25-3)7-5-16/h4-7,10-11,14H,8-9,12H2,1-3H3,(H,20,23). The Morgan fingerprint density at radius 2 is 1.92 bits per heavy atom. The highest BCUT2D eigenvalue weighted by Crippen LogP contribution is 2.23. The molecule has 1 saturated heterocycles. The lowest BCUT2D eigenvalue weighted by atomic mass is 10.1. The molecule has 1 aliphatic heterocycles. The highest BCUT2D eigenvalue weighted by molar-refractivity contribution is 5.94. The second-order valence-corrected chi connectivity index (χ2v) is 6.41. The zero-order valence-corrected chi connectivity index (χ0v) is 14.8. The molecule has 1 atom stereocenters. The van der Waals surface area contributed by atoms with Gasteiger partial charge in [0.25, 0.3) is 5.91 Å². The molecule has 1 amide bonds. The van der Waals surface area contributed by atoms with E-state index in [1.165, 1.54) is 6.07 Å². The highest BCUT2D eigenvalue weighted by atomic mass is 16.5. The summed E-state index contributed by atoms with van der Waals surface area (Å²) in [4.78, 5) is 31.2. The van der Waals surface area contributed by atoms with E-state index in [0.717, 1.165) is 24.5 Å². The number of hydrogen-bond donors (Lipinski definition) is 1. The van der Waals surface area contributed by atoms with Crippen LogP contribution < -0.4 is 15.2 Å². The van der Waals surface area contributed by atoms with E-state index in [1.807, 2.05) is 36.1 Å². The van der Waals surface area contributed by atoms with Crippen molar-refractivity contribution in [3.05, 3.63) is 58.0 Å². The second-order valence-electron chi connectivity index (χ2n) is 6.41. The van der Waals surface area contributed by atoms with E-state index in [9.17, 15) is 9.59 Å². The average molecular weight is 341 g/mol. The molecule has 1 unspecified atom stereocenters. The Labute approximate surface area is 147 Å². The summed E-state index contributed by atoms with van der Waals surface area (Å²) in [5.41, 5.74) is 2.02. The van der Waals surface area contributed by atoms with Gasteiger partial charge in [0.1, 0.15) is 5.75 Å². The molecule has 1 aromatic carbocycles. The molecule has 6 heteroatoms. The molecular weight excluding hydrogens is 318 g/mol. The number of H-pyrrole nitrogens is 1. The van der Waals surface area contributed by atoms with Crippen LogP contribution >= 0.6 is 0 Å². The number of hydrogen-bond acceptors (Lipinski definition) is 4. The largest absolute Gasteiger partial charge is 0.497 e. The van der Waals surface area contributed by atoms with Crippen molar-refractivity contribution < 1.29 is 9.53 Å². The topological polar surface area (TPSA) is 65.6 Å². The second kappa shape index (κ2) is 7.01. The molecule has 1 aliphatic rings. The van der Waals surface area contributed by atoms with Gasteiger partial charge in [-0.3, -0.25) is 9.59 Å². The number of carbonyl (C=O) groups is 1. The van der Waals surface area contributed by atoms with Crippen LogP contribution in [0.25, 0.3) is 0 Å². The van der Waals surface area contributed by atoms with Gasteiger partial charge in [-0.1, -0.05) is 0 Å². The number of nitrogens with zero attached hydrogens (tertiary/aromatic N) is 2. The van der Waals surface area contributed by atoms with Crippen LogP contribution in [0, 0.1) is 6.92 Å². The van der Waals surface area contributed by atoms with E-state index < -0.39 is 0 Å². The lowest BCUT2D eigenvalue weighted by molar-refractivity contribution is 0.0674. The molecule has 1 N–H and O–H groups in total. The maximum absolute atomic E-state index is 12.8. The monoisotopic (exact) mass is 341 g/mol. The Kier molecular flexibility index (Phi) is 4.79. The molecule has 0 aliphatic carbocycles. The van der Waals surface area contributed by atoms with Crippen molar-refractivity contribution in [1.29, 1.82) is 0 Å². The first-order valence-electron chi connectivity index (χ1n) is 8.39. The van der Waals surface area contributed by atoms with Crippen LogP contribution in [0.15, 0.2) is 41.2 Å². The fourth-order valence-electron chi connectivity index (χ4n) is 3.26. The van der Waals surface area contributed by atoms with Crippen LogP contribution in [0.5, 0.6) is 5.75 Å². The number of pyridine rings is 1. The molecule has 1 fully saturated rings. The van der Waals surface area contributed by atoms with E-state index in [2.05, 4.69) is 9.88 Å². The summed E-state index contributed by atoms with van der Waals surface area (Å²) in [6.07, 6.45) is 0. The van der Waals surface area contributed by atoms with Crippen LogP contribution in [0.4, 0.5) is 5.69 Å². The number of aromatic amines is 1. The van der Waals surface area contributed by atoms with Gasteiger partial charge in [-0.05, 0) is 44.2 Å². The number of amides is 1. The van der Waals surface area contributed by atoms with Gasteiger partial charge < -0.3 is 19.5 Å². The third kappa shape index (κ3) is 3.68. The Morgan fingerprint density at radius 1 is 1.20 bits per heavy atom. The third-order valence-electron chi connectivity index (χ3n) is 4.55. The predicted octanol–water partition coefficient (Wildman–Crippen LogP) is 2.04. The summed E-state index contributed by atoms with van der Waals surface area (Å²) in [7, 11) is 1.65. The molecule has 0 spiro atoms. The molecule has 2 heterocycles. The van der Waals surface area contributed by atoms with Gasteiger partial charge in [0.15, 0.2) is 0 Å². The molecule has 0 saturated carbocycles. The summed E-state index contributed by atoms with van der Waals surface area (Å²) >= 11 is 0. The Balaban J connectivity index is 1.72. The van der Waals surface area contributed by atoms with Crippen molar-refractivity contribution in [1.82, 2.24) is 9.88 Å². The summed E-state index contributed by atoms with van der Waals surface area (Å²) < 4.78 is 5.19. The minimum Gasteiger partial charge on any atom is -0.497 e. The first kappa shape index (κ1) is 17.1. The third-order valence-corrected chi connectivity index (χ3v) is 4.55. The number of rotatable bonds is 3. The maximum atomic E-state index is 12.8. The number of piperazine rings is 1. The zero-order chi connectivity index (χ0) is 18.0. The predicted molar refractivity (Wildman–Crippen MR) is 97.5 cm³/mol. The highest BCUT2D eigenvalue weighted by Gasteiger charge is 2.28. The number of anilines is 1. The molecule has 1 aromatic heterocycles. The number of benzene rings is 1. The molecule has 25 heavy (non-hydrogen) atoms. The Hall–Kier alpha value is -2.76. The molecule has 2 aromatic rings. The average Bonchev–Trinajstić information content (AvgIpc) is 2.60. The molecule has 0 radical (unpaired) electrons. The van der Waals surface area contributed by atoms with E-state index in [4.69, 9.17) is 4.74 Å². The number of nitrogens with one attached hydrogen (secondary N) is 1. The van der Waals surface area contributed by atoms with Crippen molar-refractivity contribution in [2.45, 2.75) is 19.9 Å². The van der Waals surface area contributed by atoms with Gasteiger partial charge in [-0.15, -0.1) is 0 Å². The van der Waals surface area contributed by atoms with Gasteiger partial charge in [0.05, 0.1) is 7.11 Å². The zero-order valence-electron chi connectivity index (χ0n) is 14.8. The molecule has 3 rings (SSSR count). The SMILES string of the molecule is COc1ccc(N2CCN(C(=O)c3cc(C)[nH]c(=O)c3)C(C)C2)cc1. The lowest BCUT2D eigenvalue weighted by Gasteiger charge is -2.41. The quantitative estimate of drug-likeness (QED) is 0.928. The summed E-state index contributed by atoms with van der Waals surface area (Å²) in [6, 6.07) is 11.1. The number of ether oxygens (including phenoxy) is 1. The first-order valence-corrected chi connectivity index (χ1v) is 8.39. The van der Waals surface area contributed by atoms with Crippen molar-refractivity contribution in [2.24, 2.45) is 0 Å². The lowest BCUT2D eigenvalue weighted by Crippen LogP contribution is -2.54. The molecular formula is C19H23N3O3. The molecule has 0 bridgehead atoms. The number of methoxy groups -OCH3 is 1. The minimum absolute atomic E-state index is 0.0583. The van der Waals surface area contributed by atoms with Crippen LogP contribution in [0.1, 0.15) is 23.0 Å². The summed E-state index contributed by atoms with van der Waals surface area (Å²) in [5.74, 6) is 0.742. The van der Waals surface area contributed by atoms with E-state index >= 15 is 0 Å². The first-order chi connectivity index (χ1) is 12.0. The van der Waals surface area contributed by atoms with Crippen LogP contribution in [0.2, 0.25) is 0 Å². The normalized spacial score (nSPS) is 17.5. The van der Waals surface area contributed by atoms with Crippen molar-refractivity contribution in [3.63, 3.8) is 0 Å². The maximum Gasteiger partial charge on any atom is 0.254 e. The summed E-state index contributed by atoms with van der Waals surface area (Å²) in [5, 5.41) is 0. The molecule has 6 nitrogen and oxygen atoms in total. The van der Waals surface area contributed by atoms with Crippen LogP contribution in [-0.4, -0.2) is 48.6 Å². The smallest absolute Gasteiger partial charge is 0.254 e. The number of carbonyl (C=O) groups excluding carboxylic acids is 1. The summed E-state index contributed by atoms with van der Waals surface area (Å²) in [6.45, 7) is 5.94. The van der Waals surface area contributed by atoms with Crippen LogP contribution in [-0.2, 0) is 0 Å². The number of aromatic nitrogens is 1. The Morgan fingerprint density at radius 3 is 2.52 bits per heavy atom. The van der Waals surface area contributed by atoms with E-state index in [0.29, 0.717) is 17.8 Å². The van der Waals surface area contributed by atoms with Gasteiger partial charge >= 0.3 is 0 Å². The minimum atomic E-state index is -0.243. The van der Waals surface area contributed by atoms with Crippen molar-refractivity contribution in [3.8, 4) is 5.75 Å². The van der Waals surface area contributed by atoms with Gasteiger partial charge in [-0.25, -0.2) is 0 Å². The van der Waals surface area contributed by atoms with Gasteiger partial charge in [0, 0.05) is 48.7 Å². The van der Waals surface area contributed by atoms with Crippen molar-refractivity contribution in [2.75, 3.05) is 31.6 Å². The fraction of sp³-hybridized carbons (Fsp3) is 0.368. The molecule has 132 valence electrons. The van der Waals surface area contributed by atoms with E-state index in [-0.39, 0.29) is 17.5 Å². The number of aryl methyl sites for hydroxylation is 1.